The van der Waals surface area contributed by atoms with E-state index in [0.29, 0.717) is 18.8 Å². The summed E-state index contributed by atoms with van der Waals surface area (Å²) in [5.74, 6) is 0.0471. The Hall–Kier alpha value is -3.75. The third kappa shape index (κ3) is 4.77. The number of nitrogens with zero attached hydrogens (tertiary/aromatic N) is 3. The molecule has 0 aliphatic carbocycles. The van der Waals surface area contributed by atoms with E-state index in [0.717, 1.165) is 11.6 Å². The van der Waals surface area contributed by atoms with E-state index >= 15 is 0 Å². The molecule has 1 N–H and O–H groups in total. The average Bonchev–Trinajstić information content (AvgIpc) is 2.76. The van der Waals surface area contributed by atoms with E-state index in [2.05, 4.69) is 0 Å². The molecular formula is C22H22FN3O6. The number of nitro benzene ring substituents is 1. The molecule has 0 amide bonds. The Kier molecular flexibility index (Phi) is 6.87. The fraction of sp³-hybridized carbons (Fsp3) is 0.318. The van der Waals surface area contributed by atoms with Crippen LogP contribution in [0.1, 0.15) is 29.8 Å². The number of ether oxygens (including phenoxy) is 1. The van der Waals surface area contributed by atoms with Crippen molar-refractivity contribution in [3.63, 3.8) is 0 Å². The zero-order chi connectivity index (χ0) is 23.4. The number of benzene rings is 2. The quantitative estimate of drug-likeness (QED) is 0.395. The summed E-state index contributed by atoms with van der Waals surface area (Å²) >= 11 is 0. The van der Waals surface area contributed by atoms with Crippen LogP contribution < -0.4 is 4.74 Å². The van der Waals surface area contributed by atoms with Crippen LogP contribution in [0.4, 0.5) is 10.1 Å². The zero-order valence-electron chi connectivity index (χ0n) is 17.5. The van der Waals surface area contributed by atoms with Gasteiger partial charge in [0.05, 0.1) is 11.0 Å². The van der Waals surface area contributed by atoms with Crippen LogP contribution in [0.25, 0.3) is 0 Å². The molecule has 1 aliphatic heterocycles. The number of aromatic carboxylic acids is 1. The average molecular weight is 443 g/mol. The number of hydrogen-bond donors (Lipinski definition) is 1. The number of hydrogen-bond acceptors (Lipinski definition) is 7. The predicted octanol–water partition coefficient (Wildman–Crippen LogP) is 3.08. The molecule has 0 spiro atoms. The molecule has 10 heteroatoms. The summed E-state index contributed by atoms with van der Waals surface area (Å²) in [5.41, 5.74) is 0.128. The van der Waals surface area contributed by atoms with Crippen molar-refractivity contribution in [2.45, 2.75) is 32.5 Å². The predicted molar refractivity (Wildman–Crippen MR) is 112 cm³/mol. The smallest absolute Gasteiger partial charge is 0.342 e. The van der Waals surface area contributed by atoms with Crippen molar-refractivity contribution in [3.8, 4) is 5.75 Å². The maximum atomic E-state index is 13.2. The van der Waals surface area contributed by atoms with Crippen molar-refractivity contribution in [1.82, 2.24) is 9.80 Å². The number of carbonyl (C=O) groups excluding carboxylic acids is 1. The Bertz CT molecular complexity index is 1070. The van der Waals surface area contributed by atoms with E-state index in [4.69, 9.17) is 4.74 Å². The molecule has 9 nitrogen and oxygen atoms in total. The summed E-state index contributed by atoms with van der Waals surface area (Å²) in [6.45, 7) is 4.48. The Balaban J connectivity index is 1.77. The molecule has 1 heterocycles. The SMILES string of the molecule is C[C@@H]1CN(COc2cccc(C(=O)O)c2[N+](=O)[O-])[C@@H](C)C(=C=O)N1Cc1ccc(F)cc1. The summed E-state index contributed by atoms with van der Waals surface area (Å²) in [7, 11) is 0. The third-order valence-corrected chi connectivity index (χ3v) is 5.45. The van der Waals surface area contributed by atoms with Crippen molar-refractivity contribution in [3.05, 3.63) is 75.2 Å². The second kappa shape index (κ2) is 9.59. The van der Waals surface area contributed by atoms with Crippen LogP contribution in [0, 0.1) is 15.9 Å². The number of para-hydroxylation sites is 1. The lowest BCUT2D eigenvalue weighted by atomic mass is 10.0. The maximum absolute atomic E-state index is 13.2. The second-order valence-electron chi connectivity index (χ2n) is 7.53. The standard InChI is InChI=1S/C22H22FN3O6/c1-14-10-24(13-32-20-5-3-4-18(22(28)29)21(20)26(30)31)15(2)19(12-27)25(14)11-16-6-8-17(23)9-7-16/h3-9,14-15H,10-11,13H2,1-2H3,(H,28,29)/t14-,15+/m1/s1. The first-order valence-corrected chi connectivity index (χ1v) is 9.86. The fourth-order valence-electron chi connectivity index (χ4n) is 3.73. The van der Waals surface area contributed by atoms with Crippen molar-refractivity contribution in [2.75, 3.05) is 13.3 Å². The minimum atomic E-state index is -1.43. The van der Waals surface area contributed by atoms with Gasteiger partial charge in [-0.15, -0.1) is 0 Å². The number of rotatable bonds is 7. The second-order valence-corrected chi connectivity index (χ2v) is 7.53. The lowest BCUT2D eigenvalue weighted by molar-refractivity contribution is -0.386. The Morgan fingerprint density at radius 1 is 1.28 bits per heavy atom. The van der Waals surface area contributed by atoms with E-state index < -0.39 is 28.2 Å². The van der Waals surface area contributed by atoms with Gasteiger partial charge >= 0.3 is 11.7 Å². The van der Waals surface area contributed by atoms with E-state index in [1.165, 1.54) is 24.3 Å². The first-order chi connectivity index (χ1) is 15.2. The summed E-state index contributed by atoms with van der Waals surface area (Å²) in [5, 5.41) is 20.6. The molecule has 1 aliphatic rings. The van der Waals surface area contributed by atoms with Crippen LogP contribution >= 0.6 is 0 Å². The Morgan fingerprint density at radius 3 is 2.56 bits per heavy atom. The third-order valence-electron chi connectivity index (χ3n) is 5.45. The van der Waals surface area contributed by atoms with Gasteiger partial charge in [0, 0.05) is 19.1 Å². The molecule has 168 valence electrons. The fourth-order valence-corrected chi connectivity index (χ4v) is 3.73. The molecule has 0 bridgehead atoms. The molecule has 1 fully saturated rings. The highest BCUT2D eigenvalue weighted by atomic mass is 19.1. The van der Waals surface area contributed by atoms with Crippen molar-refractivity contribution < 1.29 is 28.7 Å². The number of halogens is 1. The highest BCUT2D eigenvalue weighted by Crippen LogP contribution is 2.32. The number of carboxylic acids is 1. The molecule has 3 rings (SSSR count). The minimum Gasteiger partial charge on any atom is -0.477 e. The molecule has 2 aromatic rings. The molecule has 0 radical (unpaired) electrons. The molecule has 32 heavy (non-hydrogen) atoms. The molecule has 0 aromatic heterocycles. The highest BCUT2D eigenvalue weighted by molar-refractivity contribution is 5.93. The first-order valence-electron chi connectivity index (χ1n) is 9.86. The molecule has 2 aromatic carbocycles. The summed E-state index contributed by atoms with van der Waals surface area (Å²) < 4.78 is 18.8. The zero-order valence-corrected chi connectivity index (χ0v) is 17.5. The topological polar surface area (TPSA) is 113 Å². The van der Waals surface area contributed by atoms with Crippen LogP contribution in [0.3, 0.4) is 0 Å². The largest absolute Gasteiger partial charge is 0.477 e. The van der Waals surface area contributed by atoms with Crippen LogP contribution in [0.5, 0.6) is 5.75 Å². The van der Waals surface area contributed by atoms with Gasteiger partial charge in [-0.25, -0.2) is 14.0 Å². The molecule has 0 unspecified atom stereocenters. The number of piperazine rings is 1. The number of nitro groups is 1. The molecular weight excluding hydrogens is 421 g/mol. The maximum Gasteiger partial charge on any atom is 0.342 e. The lowest BCUT2D eigenvalue weighted by Crippen LogP contribution is -2.55. The van der Waals surface area contributed by atoms with Gasteiger partial charge in [0.25, 0.3) is 0 Å². The van der Waals surface area contributed by atoms with Gasteiger partial charge in [0.2, 0.25) is 0 Å². The van der Waals surface area contributed by atoms with E-state index in [9.17, 15) is 29.2 Å². The van der Waals surface area contributed by atoms with Crippen molar-refractivity contribution in [1.29, 1.82) is 0 Å². The van der Waals surface area contributed by atoms with Crippen LogP contribution in [-0.2, 0) is 11.3 Å². The van der Waals surface area contributed by atoms with Crippen LogP contribution in [0.2, 0.25) is 0 Å². The van der Waals surface area contributed by atoms with Crippen molar-refractivity contribution >= 4 is 17.6 Å². The number of carbonyl (C=O) groups is 1. The molecule has 2 atom stereocenters. The Labute approximate surface area is 183 Å². The van der Waals surface area contributed by atoms with Crippen molar-refractivity contribution in [2.24, 2.45) is 0 Å². The summed E-state index contributed by atoms with van der Waals surface area (Å²) in [6, 6.07) is 9.32. The normalized spacial score (nSPS) is 18.8. The van der Waals surface area contributed by atoms with Gasteiger partial charge in [0.15, 0.2) is 5.75 Å². The molecule has 1 saturated heterocycles. The molecule has 0 saturated carbocycles. The minimum absolute atomic E-state index is 0.0923. The number of carboxylic acid groups (broad SMARTS) is 1. The van der Waals surface area contributed by atoms with Crippen LogP contribution in [0.15, 0.2) is 48.2 Å². The lowest BCUT2D eigenvalue weighted by Gasteiger charge is -2.45. The van der Waals surface area contributed by atoms with E-state index in [1.807, 2.05) is 22.7 Å². The first kappa shape index (κ1) is 22.9. The summed E-state index contributed by atoms with van der Waals surface area (Å²) in [4.78, 5) is 37.4. The van der Waals surface area contributed by atoms with Gasteiger partial charge in [-0.1, -0.05) is 18.2 Å². The van der Waals surface area contributed by atoms with Gasteiger partial charge < -0.3 is 14.7 Å². The highest BCUT2D eigenvalue weighted by Gasteiger charge is 2.35. The van der Waals surface area contributed by atoms with Gasteiger partial charge in [0.1, 0.15) is 29.7 Å². The van der Waals surface area contributed by atoms with Gasteiger partial charge in [-0.2, -0.15) is 0 Å². The summed E-state index contributed by atoms with van der Waals surface area (Å²) in [6.07, 6.45) is 0. The monoisotopic (exact) mass is 443 g/mol. The Morgan fingerprint density at radius 2 is 1.97 bits per heavy atom. The van der Waals surface area contributed by atoms with Crippen LogP contribution in [-0.4, -0.2) is 57.1 Å². The van der Waals surface area contributed by atoms with E-state index in [-0.39, 0.29) is 24.3 Å². The van der Waals surface area contributed by atoms with Gasteiger partial charge in [-0.3, -0.25) is 15.0 Å². The van der Waals surface area contributed by atoms with E-state index in [1.54, 1.807) is 19.1 Å². The van der Waals surface area contributed by atoms with Gasteiger partial charge in [-0.05, 0) is 43.7 Å².